The molecule has 1 aromatic heterocycles. The van der Waals surface area contributed by atoms with Gasteiger partial charge in [0, 0.05) is 10.9 Å². The highest BCUT2D eigenvalue weighted by Crippen LogP contribution is 2.23. The van der Waals surface area contributed by atoms with Crippen LogP contribution in [0.15, 0.2) is 6.07 Å². The third-order valence-corrected chi connectivity index (χ3v) is 2.78. The largest absolute Gasteiger partial charge is 0.469 e. The summed E-state index contributed by atoms with van der Waals surface area (Å²) in [4.78, 5) is 14.9. The Morgan fingerprint density at radius 1 is 1.67 bits per heavy atom. The second-order valence-corrected chi connectivity index (χ2v) is 3.88. The van der Waals surface area contributed by atoms with Crippen LogP contribution in [0.25, 0.3) is 0 Å². The number of rotatable bonds is 4. The number of ether oxygens (including phenoxy) is 1. The van der Waals surface area contributed by atoms with Gasteiger partial charge >= 0.3 is 5.97 Å². The molecule has 96 valence electrons. The number of nitrogens with zero attached hydrogens (tertiary/aromatic N) is 2. The Hall–Kier alpha value is -1.55. The maximum atomic E-state index is 12.6. The van der Waals surface area contributed by atoms with Gasteiger partial charge in [-0.15, -0.1) is 0 Å². The highest BCUT2D eigenvalue weighted by Gasteiger charge is 2.19. The van der Waals surface area contributed by atoms with Gasteiger partial charge in [-0.3, -0.25) is 9.78 Å². The third-order valence-electron chi connectivity index (χ3n) is 2.25. The number of carbonyl (C=O) groups excluding carboxylic acids is 1. The number of halogens is 3. The zero-order valence-electron chi connectivity index (χ0n) is 9.41. The van der Waals surface area contributed by atoms with Crippen LogP contribution in [0.3, 0.4) is 0 Å². The predicted octanol–water partition coefficient (Wildman–Crippen LogP) is 2.50. The van der Waals surface area contributed by atoms with E-state index in [9.17, 15) is 13.6 Å². The Balaban J connectivity index is 3.31. The van der Waals surface area contributed by atoms with Crippen molar-refractivity contribution in [3.8, 4) is 6.07 Å². The van der Waals surface area contributed by atoms with Crippen molar-refractivity contribution in [2.75, 3.05) is 7.11 Å². The molecule has 0 radical (unpaired) electrons. The van der Waals surface area contributed by atoms with E-state index < -0.39 is 18.1 Å². The minimum absolute atomic E-state index is 0.0140. The molecule has 0 bridgehead atoms. The molecule has 1 aromatic rings. The first kappa shape index (κ1) is 14.5. The molecule has 0 atom stereocenters. The molecule has 0 aliphatic rings. The first-order valence-electron chi connectivity index (χ1n) is 4.87. The normalized spacial score (nSPS) is 10.2. The van der Waals surface area contributed by atoms with Crippen molar-refractivity contribution in [1.29, 1.82) is 5.26 Å². The van der Waals surface area contributed by atoms with Crippen molar-refractivity contribution < 1.29 is 18.3 Å². The fourth-order valence-corrected chi connectivity index (χ4v) is 1.85. The Morgan fingerprint density at radius 3 is 2.78 bits per heavy atom. The molecule has 4 nitrogen and oxygen atoms in total. The van der Waals surface area contributed by atoms with Gasteiger partial charge in [-0.25, -0.2) is 8.78 Å². The summed E-state index contributed by atoms with van der Waals surface area (Å²) in [6.07, 6.45) is -2.93. The molecular formula is C11H9BrF2N2O2. The minimum atomic E-state index is -2.76. The molecule has 1 heterocycles. The van der Waals surface area contributed by atoms with Crippen LogP contribution in [0.4, 0.5) is 8.78 Å². The van der Waals surface area contributed by atoms with E-state index in [0.717, 1.165) is 6.07 Å². The molecule has 0 fully saturated rings. The van der Waals surface area contributed by atoms with Gasteiger partial charge in [0.15, 0.2) is 0 Å². The summed E-state index contributed by atoms with van der Waals surface area (Å²) in [5, 5.41) is 9.12. The number of carbonyl (C=O) groups is 1. The summed E-state index contributed by atoms with van der Waals surface area (Å²) in [7, 11) is 1.21. The number of aromatic nitrogens is 1. The van der Waals surface area contributed by atoms with Gasteiger partial charge in [-0.05, 0) is 6.07 Å². The van der Waals surface area contributed by atoms with Crippen LogP contribution in [0.5, 0.6) is 0 Å². The van der Waals surface area contributed by atoms with Crippen molar-refractivity contribution in [3.05, 3.63) is 28.6 Å². The minimum Gasteiger partial charge on any atom is -0.469 e. The molecule has 0 saturated heterocycles. The number of alkyl halides is 3. The average Bonchev–Trinajstić information content (AvgIpc) is 2.38. The number of pyridine rings is 1. The highest BCUT2D eigenvalue weighted by molar-refractivity contribution is 9.08. The van der Waals surface area contributed by atoms with Crippen molar-refractivity contribution in [2.45, 2.75) is 18.2 Å². The fraction of sp³-hybridized carbons (Fsp3) is 0.364. The fourth-order valence-electron chi connectivity index (χ4n) is 1.38. The topological polar surface area (TPSA) is 63.0 Å². The van der Waals surface area contributed by atoms with E-state index in [1.54, 1.807) is 6.07 Å². The van der Waals surface area contributed by atoms with Crippen molar-refractivity contribution in [2.24, 2.45) is 0 Å². The van der Waals surface area contributed by atoms with Gasteiger partial charge in [-0.2, -0.15) is 5.26 Å². The summed E-state index contributed by atoms with van der Waals surface area (Å²) in [5.41, 5.74) is 0.0927. The number of methoxy groups -OCH3 is 1. The lowest BCUT2D eigenvalue weighted by Gasteiger charge is -2.10. The monoisotopic (exact) mass is 318 g/mol. The molecule has 0 aliphatic heterocycles. The lowest BCUT2D eigenvalue weighted by atomic mass is 10.0. The van der Waals surface area contributed by atoms with E-state index in [4.69, 9.17) is 5.26 Å². The Morgan fingerprint density at radius 2 is 2.33 bits per heavy atom. The van der Waals surface area contributed by atoms with E-state index in [-0.39, 0.29) is 23.0 Å². The van der Waals surface area contributed by atoms with Crippen LogP contribution in [-0.2, 0) is 21.3 Å². The molecular weight excluding hydrogens is 310 g/mol. The number of esters is 1. The highest BCUT2D eigenvalue weighted by atomic mass is 79.9. The van der Waals surface area contributed by atoms with E-state index in [1.807, 2.05) is 0 Å². The number of hydrogen-bond donors (Lipinski definition) is 0. The first-order valence-corrected chi connectivity index (χ1v) is 5.99. The second kappa shape index (κ2) is 6.40. The third kappa shape index (κ3) is 3.23. The van der Waals surface area contributed by atoms with Gasteiger partial charge in [-0.1, -0.05) is 15.9 Å². The molecule has 0 unspecified atom stereocenters. The van der Waals surface area contributed by atoms with Gasteiger partial charge in [0.05, 0.1) is 30.9 Å². The Bertz CT molecular complexity index is 501. The van der Waals surface area contributed by atoms with E-state index >= 15 is 0 Å². The SMILES string of the molecule is COC(=O)Cc1c(C#N)cc(C(F)F)nc1CBr. The van der Waals surface area contributed by atoms with Crippen LogP contribution >= 0.6 is 15.9 Å². The molecule has 0 aliphatic carbocycles. The lowest BCUT2D eigenvalue weighted by Crippen LogP contribution is -2.11. The molecule has 0 N–H and O–H groups in total. The van der Waals surface area contributed by atoms with Crippen LogP contribution in [0.1, 0.15) is 28.9 Å². The number of nitriles is 1. The summed E-state index contributed by atoms with van der Waals surface area (Å²) in [6.45, 7) is 0. The maximum Gasteiger partial charge on any atom is 0.310 e. The van der Waals surface area contributed by atoms with Crippen LogP contribution in [0, 0.1) is 11.3 Å². The quantitative estimate of drug-likeness (QED) is 0.632. The van der Waals surface area contributed by atoms with E-state index in [2.05, 4.69) is 25.7 Å². The van der Waals surface area contributed by atoms with Gasteiger partial charge in [0.25, 0.3) is 6.43 Å². The van der Waals surface area contributed by atoms with Crippen molar-refractivity contribution in [3.63, 3.8) is 0 Å². The summed E-state index contributed by atoms with van der Waals surface area (Å²) in [5.74, 6) is -0.555. The maximum absolute atomic E-state index is 12.6. The molecule has 0 saturated carbocycles. The van der Waals surface area contributed by atoms with Crippen molar-refractivity contribution in [1.82, 2.24) is 4.98 Å². The van der Waals surface area contributed by atoms with Crippen LogP contribution in [-0.4, -0.2) is 18.1 Å². The van der Waals surface area contributed by atoms with Crippen LogP contribution in [0.2, 0.25) is 0 Å². The van der Waals surface area contributed by atoms with Gasteiger partial charge in [0.1, 0.15) is 5.69 Å². The zero-order valence-corrected chi connectivity index (χ0v) is 11.0. The predicted molar refractivity (Wildman–Crippen MR) is 62.3 cm³/mol. The molecule has 0 spiro atoms. The molecule has 7 heteroatoms. The number of hydrogen-bond acceptors (Lipinski definition) is 4. The summed E-state index contributed by atoms with van der Waals surface area (Å²) in [6, 6.07) is 2.79. The first-order chi connectivity index (χ1) is 8.53. The molecule has 1 rings (SSSR count). The molecule has 0 aromatic carbocycles. The van der Waals surface area contributed by atoms with E-state index in [1.165, 1.54) is 7.11 Å². The summed E-state index contributed by atoms with van der Waals surface area (Å²) >= 11 is 3.10. The average molecular weight is 319 g/mol. The van der Waals surface area contributed by atoms with Gasteiger partial charge in [0.2, 0.25) is 0 Å². The molecule has 0 amide bonds. The summed E-state index contributed by atoms with van der Waals surface area (Å²) < 4.78 is 29.7. The molecule has 18 heavy (non-hydrogen) atoms. The smallest absolute Gasteiger partial charge is 0.310 e. The zero-order chi connectivity index (χ0) is 13.7. The standard InChI is InChI=1S/C11H9BrF2N2O2/c1-18-10(17)3-7-6(5-15)2-8(11(13)14)16-9(7)4-12/h2,11H,3-4H2,1H3. The van der Waals surface area contributed by atoms with Gasteiger partial charge < -0.3 is 4.74 Å². The van der Waals surface area contributed by atoms with Crippen LogP contribution < -0.4 is 0 Å². The van der Waals surface area contributed by atoms with Crippen molar-refractivity contribution >= 4 is 21.9 Å². The Labute approximate surface area is 111 Å². The second-order valence-electron chi connectivity index (χ2n) is 3.32. The lowest BCUT2D eigenvalue weighted by molar-refractivity contribution is -0.139. The van der Waals surface area contributed by atoms with E-state index in [0.29, 0.717) is 5.56 Å². The Kier molecular flexibility index (Phi) is 5.16.